The minimum absolute atomic E-state index is 0.428. The SMILES string of the molecule is CC(C)(C)[C@@H]1[C@@H](C(C)(C)C)C2CCN1CC2. The van der Waals surface area contributed by atoms with Crippen LogP contribution in [-0.4, -0.2) is 24.0 Å². The maximum absolute atomic E-state index is 2.77. The molecule has 0 N–H and O–H groups in total. The van der Waals surface area contributed by atoms with Gasteiger partial charge in [0.15, 0.2) is 0 Å². The summed E-state index contributed by atoms with van der Waals surface area (Å²) in [7, 11) is 0. The zero-order chi connectivity index (χ0) is 12.1. The fourth-order valence-electron chi connectivity index (χ4n) is 4.31. The summed E-state index contributed by atoms with van der Waals surface area (Å²) in [4.78, 5) is 2.77. The van der Waals surface area contributed by atoms with Crippen molar-refractivity contribution in [1.29, 1.82) is 0 Å². The Kier molecular flexibility index (Phi) is 2.89. The van der Waals surface area contributed by atoms with Crippen molar-refractivity contribution >= 4 is 0 Å². The van der Waals surface area contributed by atoms with Crippen LogP contribution in [0.15, 0.2) is 0 Å². The van der Waals surface area contributed by atoms with Gasteiger partial charge in [0.05, 0.1) is 0 Å². The third kappa shape index (κ3) is 2.03. The van der Waals surface area contributed by atoms with E-state index in [-0.39, 0.29) is 0 Å². The second-order valence-electron chi connectivity index (χ2n) is 8.08. The first-order valence-electron chi connectivity index (χ1n) is 6.95. The first-order valence-corrected chi connectivity index (χ1v) is 6.95. The van der Waals surface area contributed by atoms with E-state index < -0.39 is 0 Å². The number of hydrogen-bond acceptors (Lipinski definition) is 1. The Morgan fingerprint density at radius 1 is 0.812 bits per heavy atom. The van der Waals surface area contributed by atoms with Crippen molar-refractivity contribution in [1.82, 2.24) is 4.90 Å². The van der Waals surface area contributed by atoms with Crippen molar-refractivity contribution in [3.63, 3.8) is 0 Å². The molecule has 0 aromatic carbocycles. The van der Waals surface area contributed by atoms with Crippen LogP contribution in [0.2, 0.25) is 0 Å². The standard InChI is InChI=1S/C15H29N/c1-14(2,3)12-11-7-9-16(10-8-11)13(12)15(4,5)6/h11-13H,7-10H2,1-6H3/t12-,13-/m0/s1. The zero-order valence-electron chi connectivity index (χ0n) is 12.0. The van der Waals surface area contributed by atoms with Crippen molar-refractivity contribution < 1.29 is 0 Å². The second-order valence-corrected chi connectivity index (χ2v) is 8.08. The molecule has 0 aliphatic carbocycles. The molecule has 0 unspecified atom stereocenters. The molecule has 3 aliphatic rings. The lowest BCUT2D eigenvalue weighted by Crippen LogP contribution is -2.62. The van der Waals surface area contributed by atoms with Crippen molar-refractivity contribution in [2.75, 3.05) is 13.1 Å². The highest BCUT2D eigenvalue weighted by molar-refractivity contribution is 5.03. The molecule has 3 rings (SSSR count). The molecule has 94 valence electrons. The van der Waals surface area contributed by atoms with E-state index in [4.69, 9.17) is 0 Å². The molecule has 0 aromatic heterocycles. The van der Waals surface area contributed by atoms with E-state index in [0.29, 0.717) is 10.8 Å². The molecule has 3 heterocycles. The highest BCUT2D eigenvalue weighted by Gasteiger charge is 2.50. The number of nitrogens with zero attached hydrogens (tertiary/aromatic N) is 1. The van der Waals surface area contributed by atoms with Crippen molar-refractivity contribution in [2.24, 2.45) is 22.7 Å². The molecule has 16 heavy (non-hydrogen) atoms. The van der Waals surface area contributed by atoms with Crippen LogP contribution in [0, 0.1) is 22.7 Å². The monoisotopic (exact) mass is 223 g/mol. The topological polar surface area (TPSA) is 3.24 Å². The summed E-state index contributed by atoms with van der Waals surface area (Å²) in [6.07, 6.45) is 2.88. The van der Waals surface area contributed by atoms with E-state index in [1.807, 2.05) is 0 Å². The molecule has 0 saturated carbocycles. The molecule has 0 radical (unpaired) electrons. The van der Waals surface area contributed by atoms with Crippen molar-refractivity contribution in [3.8, 4) is 0 Å². The molecule has 0 amide bonds. The van der Waals surface area contributed by atoms with Crippen molar-refractivity contribution in [3.05, 3.63) is 0 Å². The van der Waals surface area contributed by atoms with E-state index in [0.717, 1.165) is 17.9 Å². The lowest BCUT2D eigenvalue weighted by molar-refractivity contribution is -0.101. The zero-order valence-corrected chi connectivity index (χ0v) is 12.0. The lowest BCUT2D eigenvalue weighted by Gasteiger charge is -2.59. The van der Waals surface area contributed by atoms with Gasteiger partial charge in [-0.25, -0.2) is 0 Å². The van der Waals surface area contributed by atoms with Gasteiger partial charge in [0.2, 0.25) is 0 Å². The van der Waals surface area contributed by atoms with Gasteiger partial charge >= 0.3 is 0 Å². The predicted octanol–water partition coefficient (Wildman–Crippen LogP) is 3.79. The molecule has 1 heteroatoms. The van der Waals surface area contributed by atoms with Crippen LogP contribution >= 0.6 is 0 Å². The number of piperidine rings is 3. The van der Waals surface area contributed by atoms with E-state index in [2.05, 4.69) is 46.4 Å². The van der Waals surface area contributed by atoms with E-state index >= 15 is 0 Å². The van der Waals surface area contributed by atoms with Crippen LogP contribution in [0.4, 0.5) is 0 Å². The Bertz CT molecular complexity index is 220. The normalized spacial score (nSPS) is 40.1. The van der Waals surface area contributed by atoms with Gasteiger partial charge in [0.25, 0.3) is 0 Å². The highest BCUT2D eigenvalue weighted by Crippen LogP contribution is 2.51. The summed E-state index contributed by atoms with van der Waals surface area (Å²) >= 11 is 0. The van der Waals surface area contributed by atoms with E-state index in [1.54, 1.807) is 0 Å². The Morgan fingerprint density at radius 3 is 1.62 bits per heavy atom. The average Bonchev–Trinajstić information content (AvgIpc) is 2.15. The maximum atomic E-state index is 2.77. The number of fused-ring (bicyclic) bond motifs is 3. The molecular weight excluding hydrogens is 194 g/mol. The van der Waals surface area contributed by atoms with E-state index in [1.165, 1.54) is 25.9 Å². The molecule has 1 nitrogen and oxygen atoms in total. The minimum Gasteiger partial charge on any atom is -0.300 e. The van der Waals surface area contributed by atoms with Crippen molar-refractivity contribution in [2.45, 2.75) is 60.4 Å². The quantitative estimate of drug-likeness (QED) is 0.604. The Hall–Kier alpha value is -0.0400. The third-order valence-corrected chi connectivity index (χ3v) is 4.70. The largest absolute Gasteiger partial charge is 0.300 e. The second kappa shape index (κ2) is 3.73. The Balaban J connectivity index is 2.32. The molecule has 2 bridgehead atoms. The van der Waals surface area contributed by atoms with Gasteiger partial charge in [0.1, 0.15) is 0 Å². The van der Waals surface area contributed by atoms with Gasteiger partial charge in [-0.1, -0.05) is 41.5 Å². The average molecular weight is 223 g/mol. The molecule has 3 saturated heterocycles. The maximum Gasteiger partial charge on any atom is 0.0180 e. The summed E-state index contributed by atoms with van der Waals surface area (Å²) in [5.74, 6) is 1.87. The summed E-state index contributed by atoms with van der Waals surface area (Å²) in [6, 6.07) is 0.792. The molecule has 3 fully saturated rings. The Morgan fingerprint density at radius 2 is 1.31 bits per heavy atom. The summed E-state index contributed by atoms with van der Waals surface area (Å²) in [5.41, 5.74) is 0.888. The van der Waals surface area contributed by atoms with Crippen LogP contribution in [0.1, 0.15) is 54.4 Å². The van der Waals surface area contributed by atoms with Gasteiger partial charge in [-0.15, -0.1) is 0 Å². The first kappa shape index (κ1) is 12.4. The van der Waals surface area contributed by atoms with Gasteiger partial charge < -0.3 is 0 Å². The minimum atomic E-state index is 0.428. The summed E-state index contributed by atoms with van der Waals surface area (Å²) < 4.78 is 0. The van der Waals surface area contributed by atoms with Crippen LogP contribution in [0.25, 0.3) is 0 Å². The van der Waals surface area contributed by atoms with Gasteiger partial charge in [-0.05, 0) is 48.6 Å². The van der Waals surface area contributed by atoms with Gasteiger partial charge in [-0.2, -0.15) is 0 Å². The number of hydrogen-bond donors (Lipinski definition) is 0. The van der Waals surface area contributed by atoms with Crippen LogP contribution in [0.3, 0.4) is 0 Å². The molecule has 0 spiro atoms. The first-order chi connectivity index (χ1) is 7.21. The number of rotatable bonds is 0. The molecule has 2 atom stereocenters. The van der Waals surface area contributed by atoms with Crippen LogP contribution in [0.5, 0.6) is 0 Å². The Labute approximate surface area is 102 Å². The lowest BCUT2D eigenvalue weighted by atomic mass is 9.57. The fourth-order valence-corrected chi connectivity index (χ4v) is 4.31. The van der Waals surface area contributed by atoms with Crippen LogP contribution in [-0.2, 0) is 0 Å². The molecular formula is C15H29N. The third-order valence-electron chi connectivity index (χ3n) is 4.70. The van der Waals surface area contributed by atoms with Gasteiger partial charge in [0, 0.05) is 6.04 Å². The van der Waals surface area contributed by atoms with Crippen LogP contribution < -0.4 is 0 Å². The fraction of sp³-hybridized carbons (Fsp3) is 1.00. The molecule has 3 aliphatic heterocycles. The smallest absolute Gasteiger partial charge is 0.0180 e. The molecule has 0 aromatic rings. The van der Waals surface area contributed by atoms with E-state index in [9.17, 15) is 0 Å². The highest BCUT2D eigenvalue weighted by atomic mass is 15.2. The van der Waals surface area contributed by atoms with Gasteiger partial charge in [-0.3, -0.25) is 4.90 Å². The predicted molar refractivity (Wildman–Crippen MR) is 70.5 cm³/mol. The summed E-state index contributed by atoms with van der Waals surface area (Å²) in [6.45, 7) is 17.3. The summed E-state index contributed by atoms with van der Waals surface area (Å²) in [5, 5.41) is 0.